The molecule has 0 saturated heterocycles. The predicted molar refractivity (Wildman–Crippen MR) is 76.1 cm³/mol. The number of nitrogens with zero attached hydrogens (tertiary/aromatic N) is 2. The number of nitrogens with one attached hydrogen (secondary N) is 1. The Kier molecular flexibility index (Phi) is 4.07. The van der Waals surface area contributed by atoms with E-state index >= 15 is 0 Å². The molecule has 1 aromatic heterocycles. The minimum atomic E-state index is -3.76. The van der Waals surface area contributed by atoms with Crippen LogP contribution in [0, 0.1) is 6.92 Å². The van der Waals surface area contributed by atoms with Gasteiger partial charge >= 0.3 is 0 Å². The Hall–Kier alpha value is -1.19. The summed E-state index contributed by atoms with van der Waals surface area (Å²) in [6, 6.07) is 4.74. The average molecular weight is 364 g/mol. The molecule has 0 aliphatic heterocycles. The Morgan fingerprint density at radius 2 is 2.16 bits per heavy atom. The Labute approximate surface area is 123 Å². The highest BCUT2D eigenvalue weighted by Gasteiger charge is 2.21. The quantitative estimate of drug-likeness (QED) is 0.901. The molecule has 9 heteroatoms. The van der Waals surface area contributed by atoms with Crippen LogP contribution in [-0.4, -0.2) is 24.9 Å². The molecule has 0 spiro atoms. The van der Waals surface area contributed by atoms with Gasteiger partial charge in [-0.2, -0.15) is 4.37 Å². The standard InChI is InChI=1S/C10H10BrN3O3S2/c1-6-12-10(18-13-6)14-19(15,16)9-5-7(11)3-4-8(9)17-2/h3-5H,1-2H3,(H,12,13,14). The first-order valence-electron chi connectivity index (χ1n) is 5.09. The first-order chi connectivity index (χ1) is 8.92. The van der Waals surface area contributed by atoms with Crippen molar-refractivity contribution in [2.24, 2.45) is 0 Å². The highest BCUT2D eigenvalue weighted by Crippen LogP contribution is 2.29. The van der Waals surface area contributed by atoms with Crippen LogP contribution in [0.1, 0.15) is 5.82 Å². The summed E-state index contributed by atoms with van der Waals surface area (Å²) in [6.07, 6.45) is 0. The molecule has 0 bridgehead atoms. The molecular weight excluding hydrogens is 354 g/mol. The maximum absolute atomic E-state index is 12.3. The maximum atomic E-state index is 12.3. The Morgan fingerprint density at radius 3 is 2.74 bits per heavy atom. The summed E-state index contributed by atoms with van der Waals surface area (Å²) in [5.41, 5.74) is 0. The fourth-order valence-electron chi connectivity index (χ4n) is 1.37. The van der Waals surface area contributed by atoms with Gasteiger partial charge in [-0.05, 0) is 25.1 Å². The van der Waals surface area contributed by atoms with Crippen molar-refractivity contribution in [3.05, 3.63) is 28.5 Å². The zero-order valence-electron chi connectivity index (χ0n) is 10.0. The average Bonchev–Trinajstić information content (AvgIpc) is 2.74. The molecule has 2 aromatic rings. The van der Waals surface area contributed by atoms with Gasteiger partial charge in [0.05, 0.1) is 7.11 Å². The lowest BCUT2D eigenvalue weighted by molar-refractivity contribution is 0.403. The number of aryl methyl sites for hydroxylation is 1. The number of hydrogen-bond donors (Lipinski definition) is 1. The van der Waals surface area contributed by atoms with Crippen LogP contribution in [0.4, 0.5) is 5.13 Å². The Bertz CT molecular complexity index is 700. The number of methoxy groups -OCH3 is 1. The Balaban J connectivity index is 2.41. The molecule has 0 fully saturated rings. The number of anilines is 1. The van der Waals surface area contributed by atoms with E-state index in [9.17, 15) is 8.42 Å². The third-order valence-corrected chi connectivity index (χ3v) is 4.87. The van der Waals surface area contributed by atoms with Gasteiger partial charge in [0, 0.05) is 16.0 Å². The fraction of sp³-hybridized carbons (Fsp3) is 0.200. The third kappa shape index (κ3) is 3.23. The van der Waals surface area contributed by atoms with E-state index in [1.807, 2.05) is 0 Å². The summed E-state index contributed by atoms with van der Waals surface area (Å²) < 4.78 is 36.5. The number of rotatable bonds is 4. The smallest absolute Gasteiger partial charge is 0.267 e. The molecule has 0 radical (unpaired) electrons. The lowest BCUT2D eigenvalue weighted by atomic mass is 10.3. The van der Waals surface area contributed by atoms with E-state index in [4.69, 9.17) is 4.74 Å². The Morgan fingerprint density at radius 1 is 1.42 bits per heavy atom. The van der Waals surface area contributed by atoms with Crippen molar-refractivity contribution in [1.29, 1.82) is 0 Å². The number of aromatic nitrogens is 2. The zero-order valence-corrected chi connectivity index (χ0v) is 13.3. The molecule has 2 rings (SSSR count). The van der Waals surface area contributed by atoms with Gasteiger partial charge in [0.15, 0.2) is 0 Å². The second-order valence-corrected chi connectivity index (χ2v) is 6.87. The van der Waals surface area contributed by atoms with Crippen LogP contribution in [0.15, 0.2) is 27.6 Å². The van der Waals surface area contributed by atoms with Crippen molar-refractivity contribution in [2.75, 3.05) is 11.8 Å². The number of sulfonamides is 1. The SMILES string of the molecule is COc1ccc(Br)cc1S(=O)(=O)Nc1nc(C)ns1. The van der Waals surface area contributed by atoms with Crippen molar-refractivity contribution < 1.29 is 13.2 Å². The molecule has 0 saturated carbocycles. The maximum Gasteiger partial charge on any atom is 0.267 e. The van der Waals surface area contributed by atoms with E-state index in [0.29, 0.717) is 10.3 Å². The van der Waals surface area contributed by atoms with Crippen LogP contribution in [0.3, 0.4) is 0 Å². The minimum Gasteiger partial charge on any atom is -0.495 e. The summed E-state index contributed by atoms with van der Waals surface area (Å²) in [5.74, 6) is 0.779. The van der Waals surface area contributed by atoms with Crippen LogP contribution in [0.2, 0.25) is 0 Å². The van der Waals surface area contributed by atoms with Gasteiger partial charge < -0.3 is 4.74 Å². The molecule has 1 aromatic carbocycles. The third-order valence-electron chi connectivity index (χ3n) is 2.16. The lowest BCUT2D eigenvalue weighted by Gasteiger charge is -2.10. The van der Waals surface area contributed by atoms with Gasteiger partial charge in [-0.15, -0.1) is 0 Å². The molecule has 1 heterocycles. The molecule has 0 aliphatic rings. The van der Waals surface area contributed by atoms with Crippen LogP contribution < -0.4 is 9.46 Å². The molecule has 102 valence electrons. The summed E-state index contributed by atoms with van der Waals surface area (Å²) in [5, 5.41) is 0.222. The van der Waals surface area contributed by atoms with Crippen molar-refractivity contribution in [1.82, 2.24) is 9.36 Å². The summed E-state index contributed by atoms with van der Waals surface area (Å²) in [4.78, 5) is 4.00. The van der Waals surface area contributed by atoms with Crippen LogP contribution in [-0.2, 0) is 10.0 Å². The van der Waals surface area contributed by atoms with Crippen LogP contribution >= 0.6 is 27.5 Å². The lowest BCUT2D eigenvalue weighted by Crippen LogP contribution is -2.14. The van der Waals surface area contributed by atoms with Crippen molar-refractivity contribution in [3.8, 4) is 5.75 Å². The summed E-state index contributed by atoms with van der Waals surface area (Å²) in [6.45, 7) is 1.69. The zero-order chi connectivity index (χ0) is 14.0. The molecule has 6 nitrogen and oxygen atoms in total. The predicted octanol–water partition coefficient (Wildman–Crippen LogP) is 2.42. The number of hydrogen-bond acceptors (Lipinski definition) is 6. The number of ether oxygens (including phenoxy) is 1. The van der Waals surface area contributed by atoms with Gasteiger partial charge in [0.1, 0.15) is 16.5 Å². The van der Waals surface area contributed by atoms with Crippen molar-refractivity contribution in [2.45, 2.75) is 11.8 Å². The van der Waals surface area contributed by atoms with Gasteiger partial charge in [0.25, 0.3) is 10.0 Å². The summed E-state index contributed by atoms with van der Waals surface area (Å²) >= 11 is 4.22. The second kappa shape index (κ2) is 5.43. The molecule has 0 aliphatic carbocycles. The monoisotopic (exact) mass is 363 g/mol. The van der Waals surface area contributed by atoms with Crippen LogP contribution in [0.25, 0.3) is 0 Å². The van der Waals surface area contributed by atoms with Crippen LogP contribution in [0.5, 0.6) is 5.75 Å². The van der Waals surface area contributed by atoms with Crippen molar-refractivity contribution >= 4 is 42.6 Å². The minimum absolute atomic E-state index is 0.0391. The molecular formula is C10H10BrN3O3S2. The normalized spacial score (nSPS) is 11.3. The van der Waals surface area contributed by atoms with Gasteiger partial charge in [-0.3, -0.25) is 4.72 Å². The van der Waals surface area contributed by atoms with Gasteiger partial charge in [-0.25, -0.2) is 13.4 Å². The molecule has 19 heavy (non-hydrogen) atoms. The molecule has 0 unspecified atom stereocenters. The van der Waals surface area contributed by atoms with E-state index in [1.165, 1.54) is 13.2 Å². The summed E-state index contributed by atoms with van der Waals surface area (Å²) in [7, 11) is -2.35. The molecule has 0 atom stereocenters. The molecule has 1 N–H and O–H groups in total. The van der Waals surface area contributed by atoms with Gasteiger partial charge in [0.2, 0.25) is 5.13 Å². The fourth-order valence-corrected chi connectivity index (χ4v) is 3.88. The number of halogens is 1. The topological polar surface area (TPSA) is 81.2 Å². The highest BCUT2D eigenvalue weighted by atomic mass is 79.9. The first kappa shape index (κ1) is 14.2. The van der Waals surface area contributed by atoms with E-state index in [-0.39, 0.29) is 15.8 Å². The highest BCUT2D eigenvalue weighted by molar-refractivity contribution is 9.10. The van der Waals surface area contributed by atoms with E-state index in [1.54, 1.807) is 19.1 Å². The second-order valence-electron chi connectivity index (χ2n) is 3.55. The first-order valence-corrected chi connectivity index (χ1v) is 8.14. The van der Waals surface area contributed by atoms with E-state index < -0.39 is 10.0 Å². The number of benzene rings is 1. The largest absolute Gasteiger partial charge is 0.495 e. The molecule has 0 amide bonds. The van der Waals surface area contributed by atoms with E-state index in [0.717, 1.165) is 11.5 Å². The van der Waals surface area contributed by atoms with E-state index in [2.05, 4.69) is 30.0 Å². The van der Waals surface area contributed by atoms with Crippen molar-refractivity contribution in [3.63, 3.8) is 0 Å². The van der Waals surface area contributed by atoms with Gasteiger partial charge in [-0.1, -0.05) is 15.9 Å².